The van der Waals surface area contributed by atoms with E-state index >= 15 is 0 Å². The van der Waals surface area contributed by atoms with Crippen molar-refractivity contribution >= 4 is 41.0 Å². The third-order valence-electron chi connectivity index (χ3n) is 5.96. The zero-order chi connectivity index (χ0) is 24.6. The van der Waals surface area contributed by atoms with Crippen molar-refractivity contribution in [2.45, 2.75) is 63.7 Å². The second-order valence-corrected chi connectivity index (χ2v) is 8.82. The first-order valence-corrected chi connectivity index (χ1v) is 11.3. The lowest BCUT2D eigenvalue weighted by Gasteiger charge is -2.36. The fourth-order valence-electron chi connectivity index (χ4n) is 4.48. The van der Waals surface area contributed by atoms with E-state index in [1.54, 1.807) is 5.32 Å². The van der Waals surface area contributed by atoms with Crippen molar-refractivity contribution in [1.82, 2.24) is 10.2 Å². The predicted molar refractivity (Wildman–Crippen MR) is 116 cm³/mol. The van der Waals surface area contributed by atoms with Crippen LogP contribution >= 0.6 is 23.2 Å². The fourth-order valence-corrected chi connectivity index (χ4v) is 4.97. The minimum absolute atomic E-state index is 0.172. The van der Waals surface area contributed by atoms with Crippen LogP contribution in [0, 0.1) is 0 Å². The van der Waals surface area contributed by atoms with Crippen molar-refractivity contribution in [2.75, 3.05) is 6.61 Å². The van der Waals surface area contributed by atoms with Crippen LogP contribution in [0.4, 0.5) is 13.2 Å². The number of esters is 1. The Kier molecular flexibility index (Phi) is 7.33. The summed E-state index contributed by atoms with van der Waals surface area (Å²) in [6.07, 6.45) is -1.98. The highest BCUT2D eigenvalue weighted by molar-refractivity contribution is 6.36. The van der Waals surface area contributed by atoms with E-state index in [2.05, 4.69) is 0 Å². The minimum atomic E-state index is -5.34. The molecule has 1 aromatic rings. The number of carbonyl (C=O) groups excluding carboxylic acids is 3. The molecule has 0 spiro atoms. The van der Waals surface area contributed by atoms with E-state index in [-0.39, 0.29) is 27.9 Å². The summed E-state index contributed by atoms with van der Waals surface area (Å²) >= 11 is 11.8. The first kappa shape index (κ1) is 25.4. The largest absolute Gasteiger partial charge is 0.462 e. The van der Waals surface area contributed by atoms with Crippen LogP contribution < -0.4 is 5.32 Å². The second kappa shape index (κ2) is 9.54. The molecule has 11 heteroatoms. The molecule has 0 bridgehead atoms. The smallest absolute Gasteiger partial charge is 0.425 e. The van der Waals surface area contributed by atoms with Gasteiger partial charge in [-0.2, -0.15) is 13.2 Å². The Hall–Kier alpha value is -2.26. The summed E-state index contributed by atoms with van der Waals surface area (Å²) in [5.74, 6) is -4.02. The second-order valence-electron chi connectivity index (χ2n) is 7.97. The molecule has 0 radical (unpaired) electrons. The van der Waals surface area contributed by atoms with Crippen LogP contribution in [0.15, 0.2) is 29.5 Å². The maximum absolute atomic E-state index is 14.7. The number of ether oxygens (including phenoxy) is 1. The van der Waals surface area contributed by atoms with E-state index in [0.717, 1.165) is 30.2 Å². The molecule has 1 aliphatic heterocycles. The molecule has 2 aliphatic rings. The van der Waals surface area contributed by atoms with Gasteiger partial charge < -0.3 is 15.0 Å². The highest BCUT2D eigenvalue weighted by atomic mass is 35.5. The number of hydrogen-bond donors (Lipinski definition) is 1. The third kappa shape index (κ3) is 4.45. The van der Waals surface area contributed by atoms with E-state index in [1.165, 1.54) is 26.0 Å². The predicted octanol–water partition coefficient (Wildman–Crippen LogP) is 5.04. The molecule has 180 valence electrons. The summed E-state index contributed by atoms with van der Waals surface area (Å²) in [6, 6.07) is 3.09. The summed E-state index contributed by atoms with van der Waals surface area (Å²) in [7, 11) is 0. The number of rotatable bonds is 5. The first-order chi connectivity index (χ1) is 15.5. The fraction of sp³-hybridized carbons (Fsp3) is 0.500. The van der Waals surface area contributed by atoms with E-state index in [9.17, 15) is 27.6 Å². The monoisotopic (exact) mass is 506 g/mol. The van der Waals surface area contributed by atoms with Gasteiger partial charge in [0, 0.05) is 16.8 Å². The average molecular weight is 507 g/mol. The Balaban J connectivity index is 2.16. The lowest BCUT2D eigenvalue weighted by molar-refractivity contribution is -0.193. The lowest BCUT2D eigenvalue weighted by Crippen LogP contribution is -2.66. The van der Waals surface area contributed by atoms with Crippen LogP contribution in [0.25, 0.3) is 0 Å². The van der Waals surface area contributed by atoms with Gasteiger partial charge in [0.2, 0.25) is 0 Å². The van der Waals surface area contributed by atoms with Crippen molar-refractivity contribution in [3.63, 3.8) is 0 Å². The van der Waals surface area contributed by atoms with Crippen LogP contribution in [-0.4, -0.2) is 47.0 Å². The lowest BCUT2D eigenvalue weighted by atomic mass is 9.88. The third-order valence-corrected chi connectivity index (χ3v) is 6.51. The molecule has 1 fully saturated rings. The molecule has 2 amide bonds. The van der Waals surface area contributed by atoms with Crippen molar-refractivity contribution < 1.29 is 32.3 Å². The highest BCUT2D eigenvalue weighted by Crippen LogP contribution is 2.47. The van der Waals surface area contributed by atoms with Crippen molar-refractivity contribution in [3.8, 4) is 0 Å². The van der Waals surface area contributed by atoms with Gasteiger partial charge in [0.05, 0.1) is 17.2 Å². The Morgan fingerprint density at radius 3 is 2.39 bits per heavy atom. The van der Waals surface area contributed by atoms with E-state index < -0.39 is 41.1 Å². The Morgan fingerprint density at radius 1 is 1.21 bits per heavy atom. The van der Waals surface area contributed by atoms with Crippen LogP contribution in [0.3, 0.4) is 0 Å². The molecule has 3 rings (SSSR count). The van der Waals surface area contributed by atoms with E-state index in [0.29, 0.717) is 12.8 Å². The molecule has 1 atom stereocenters. The summed E-state index contributed by atoms with van der Waals surface area (Å²) in [4.78, 5) is 40.2. The van der Waals surface area contributed by atoms with E-state index in [1.807, 2.05) is 0 Å². The molecule has 0 aromatic heterocycles. The number of allylic oxidation sites excluding steroid dienone is 1. The molecule has 0 unspecified atom stereocenters. The first-order valence-electron chi connectivity index (χ1n) is 10.5. The summed E-state index contributed by atoms with van der Waals surface area (Å²) in [5, 5.41) is 1.77. The maximum Gasteiger partial charge on any atom is 0.425 e. The topological polar surface area (TPSA) is 75.7 Å². The minimum Gasteiger partial charge on any atom is -0.462 e. The van der Waals surface area contributed by atoms with Gasteiger partial charge in [0.25, 0.3) is 17.4 Å². The quantitative estimate of drug-likeness (QED) is 0.567. The number of nitrogens with zero attached hydrogens (tertiary/aromatic N) is 1. The molecule has 1 heterocycles. The van der Waals surface area contributed by atoms with Gasteiger partial charge in [-0.1, -0.05) is 42.5 Å². The molecule has 33 heavy (non-hydrogen) atoms. The summed E-state index contributed by atoms with van der Waals surface area (Å²) < 4.78 is 49.0. The zero-order valence-electron chi connectivity index (χ0n) is 18.0. The van der Waals surface area contributed by atoms with Crippen LogP contribution in [-0.2, 0) is 14.3 Å². The molecule has 1 aromatic carbocycles. The van der Waals surface area contributed by atoms with Crippen LogP contribution in [0.5, 0.6) is 0 Å². The van der Waals surface area contributed by atoms with Gasteiger partial charge in [-0.3, -0.25) is 9.59 Å². The number of carbonyl (C=O) groups is 3. The standard InChI is InChI=1S/C22H23Cl2F3N2O4/c1-3-33-19(31)17-12(2)29(14-7-5-4-6-8-14)20(32)21(17,22(25,26)27)28-18(30)15-10-9-13(23)11-16(15)24/h9-11,14H,3-8H2,1-2H3,(H,28,30)/t21-/m0/s1. The molecule has 1 aliphatic carbocycles. The van der Waals surface area contributed by atoms with Crippen LogP contribution in [0.1, 0.15) is 56.3 Å². The maximum atomic E-state index is 14.7. The van der Waals surface area contributed by atoms with Crippen molar-refractivity contribution in [1.29, 1.82) is 0 Å². The Labute approximate surface area is 199 Å². The molecule has 6 nitrogen and oxygen atoms in total. The average Bonchev–Trinajstić information content (AvgIpc) is 2.95. The van der Waals surface area contributed by atoms with Crippen molar-refractivity contribution in [2.24, 2.45) is 0 Å². The SMILES string of the molecule is CCOC(=O)C1=C(C)N(C2CCCCC2)C(=O)[C@]1(NC(=O)c1ccc(Cl)cc1Cl)C(F)(F)F. The van der Waals surface area contributed by atoms with E-state index in [4.69, 9.17) is 27.9 Å². The van der Waals surface area contributed by atoms with Crippen LogP contribution in [0.2, 0.25) is 10.0 Å². The zero-order valence-corrected chi connectivity index (χ0v) is 19.5. The van der Waals surface area contributed by atoms with Gasteiger partial charge in [-0.15, -0.1) is 0 Å². The highest BCUT2D eigenvalue weighted by Gasteiger charge is 2.71. The molecule has 0 saturated heterocycles. The summed E-state index contributed by atoms with van der Waals surface area (Å²) in [5.41, 5.74) is -5.05. The molecular weight excluding hydrogens is 484 g/mol. The Morgan fingerprint density at radius 2 is 1.85 bits per heavy atom. The Bertz CT molecular complexity index is 1010. The number of nitrogens with one attached hydrogen (secondary N) is 1. The van der Waals surface area contributed by atoms with Gasteiger partial charge in [-0.25, -0.2) is 4.79 Å². The number of amides is 2. The number of hydrogen-bond acceptors (Lipinski definition) is 4. The number of alkyl halides is 3. The number of benzene rings is 1. The van der Waals surface area contributed by atoms with Crippen molar-refractivity contribution in [3.05, 3.63) is 45.1 Å². The van der Waals surface area contributed by atoms with Gasteiger partial charge >= 0.3 is 12.1 Å². The van der Waals surface area contributed by atoms with Gasteiger partial charge in [-0.05, 0) is 44.9 Å². The van der Waals surface area contributed by atoms with Gasteiger partial charge in [0.1, 0.15) is 5.57 Å². The number of halogens is 5. The normalized spacial score (nSPS) is 22.0. The molecule has 1 saturated carbocycles. The molecular formula is C22H23Cl2F3N2O4. The summed E-state index contributed by atoms with van der Waals surface area (Å²) in [6.45, 7) is 2.50. The molecule has 1 N–H and O–H groups in total. The van der Waals surface area contributed by atoms with Gasteiger partial charge in [0.15, 0.2) is 0 Å².